The number of amides is 2. The summed E-state index contributed by atoms with van der Waals surface area (Å²) in [6, 6.07) is 3.66. The van der Waals surface area contributed by atoms with Crippen molar-refractivity contribution in [2.75, 3.05) is 13.1 Å². The first kappa shape index (κ1) is 40.8. The van der Waals surface area contributed by atoms with Crippen LogP contribution in [0.1, 0.15) is 155 Å². The third-order valence-electron chi connectivity index (χ3n) is 8.81. The molecule has 0 atom stereocenters. The summed E-state index contributed by atoms with van der Waals surface area (Å²) in [5.41, 5.74) is 2.35. The number of phenolic OH excluding ortho intramolecular Hbond substituents is 4. The van der Waals surface area contributed by atoms with Gasteiger partial charge in [-0.3, -0.25) is 9.59 Å². The Balaban J connectivity index is 1.77. The molecular weight excluding hydrogens is 604 g/mol. The number of unbranched alkanes of at least 4 members (excludes halogenated alkanes) is 3. The Morgan fingerprint density at radius 2 is 0.812 bits per heavy atom. The lowest BCUT2D eigenvalue weighted by Crippen LogP contribution is -2.25. The maximum absolute atomic E-state index is 12.6. The molecule has 0 radical (unpaired) electrons. The molecule has 0 saturated heterocycles. The quantitative estimate of drug-likeness (QED) is 0.119. The van der Waals surface area contributed by atoms with E-state index in [9.17, 15) is 30.0 Å². The number of nitrogens with one attached hydrogen (secondary N) is 2. The highest BCUT2D eigenvalue weighted by molar-refractivity contribution is 5.77. The molecule has 0 aliphatic rings. The van der Waals surface area contributed by atoms with Gasteiger partial charge in [0, 0.05) is 48.2 Å². The van der Waals surface area contributed by atoms with E-state index in [1.54, 1.807) is 0 Å². The van der Waals surface area contributed by atoms with Crippen LogP contribution in [0.25, 0.3) is 0 Å². The summed E-state index contributed by atoms with van der Waals surface area (Å²) >= 11 is 0. The van der Waals surface area contributed by atoms with Crippen molar-refractivity contribution in [2.24, 2.45) is 0 Å². The first-order chi connectivity index (χ1) is 21.9. The minimum atomic E-state index is -0.458. The zero-order valence-corrected chi connectivity index (χ0v) is 31.8. The molecule has 0 heterocycles. The van der Waals surface area contributed by atoms with E-state index in [4.69, 9.17) is 0 Å². The molecule has 0 fully saturated rings. The molecule has 8 nitrogen and oxygen atoms in total. The summed E-state index contributed by atoms with van der Waals surface area (Å²) in [4.78, 5) is 25.2. The average Bonchev–Trinajstić information content (AvgIpc) is 2.90. The van der Waals surface area contributed by atoms with Crippen LogP contribution in [0.5, 0.6) is 23.0 Å². The molecule has 0 aliphatic heterocycles. The maximum atomic E-state index is 12.6. The fourth-order valence-electron chi connectivity index (χ4n) is 6.11. The van der Waals surface area contributed by atoms with Crippen molar-refractivity contribution in [3.05, 3.63) is 45.5 Å². The Bertz CT molecular complexity index is 1320. The average molecular weight is 669 g/mol. The molecular formula is C40H64N2O6. The van der Waals surface area contributed by atoms with Gasteiger partial charge in [-0.2, -0.15) is 0 Å². The molecule has 2 amide bonds. The van der Waals surface area contributed by atoms with Crippen LogP contribution in [-0.2, 0) is 44.1 Å². The van der Waals surface area contributed by atoms with Gasteiger partial charge >= 0.3 is 0 Å². The van der Waals surface area contributed by atoms with E-state index in [0.29, 0.717) is 48.2 Å². The Morgan fingerprint density at radius 1 is 0.500 bits per heavy atom. The van der Waals surface area contributed by atoms with Crippen molar-refractivity contribution in [3.63, 3.8) is 0 Å². The van der Waals surface area contributed by atoms with E-state index in [2.05, 4.69) is 10.6 Å². The van der Waals surface area contributed by atoms with Crippen LogP contribution in [-0.4, -0.2) is 45.3 Å². The van der Waals surface area contributed by atoms with E-state index < -0.39 is 10.8 Å². The van der Waals surface area contributed by atoms with Crippen molar-refractivity contribution in [2.45, 2.75) is 156 Å². The van der Waals surface area contributed by atoms with Gasteiger partial charge in [-0.25, -0.2) is 0 Å². The van der Waals surface area contributed by atoms with Crippen LogP contribution in [0.4, 0.5) is 0 Å². The molecule has 0 spiro atoms. The lowest BCUT2D eigenvalue weighted by molar-refractivity contribution is -0.121. The highest BCUT2D eigenvalue weighted by atomic mass is 16.3. The fourth-order valence-corrected chi connectivity index (χ4v) is 6.11. The number of aryl methyl sites for hydroxylation is 2. The molecule has 0 aromatic heterocycles. The summed E-state index contributed by atoms with van der Waals surface area (Å²) in [6.45, 7) is 25.0. The number of benzene rings is 2. The standard InChI is InChI=1S/C40H64N2O6/c1-37(2,3)27-23-25(33(45)31(35(27)47)39(7,8)9)17-19-29(43)41-21-15-13-14-16-22-42-30(44)20-18-26-24-28(38(4,5)6)36(48)32(34(26)46)40(10,11)12/h23-24,45-48H,13-22H2,1-12H3,(H,41,43)(H,42,44). The van der Waals surface area contributed by atoms with E-state index >= 15 is 0 Å². The molecule has 2 aromatic rings. The number of rotatable bonds is 13. The highest BCUT2D eigenvalue weighted by Crippen LogP contribution is 2.47. The molecule has 270 valence electrons. The second-order valence-electron chi connectivity index (χ2n) is 17.4. The van der Waals surface area contributed by atoms with E-state index in [1.807, 2.05) is 95.2 Å². The summed E-state index contributed by atoms with van der Waals surface area (Å²) in [5.74, 6) is 0.228. The molecule has 2 aromatic carbocycles. The van der Waals surface area contributed by atoms with E-state index in [1.165, 1.54) is 0 Å². The van der Waals surface area contributed by atoms with Crippen LogP contribution in [0.15, 0.2) is 12.1 Å². The number of hydrogen-bond donors (Lipinski definition) is 6. The molecule has 2 rings (SSSR count). The van der Waals surface area contributed by atoms with Crippen molar-refractivity contribution in [1.82, 2.24) is 10.6 Å². The molecule has 6 N–H and O–H groups in total. The van der Waals surface area contributed by atoms with Gasteiger partial charge in [-0.1, -0.05) is 95.9 Å². The van der Waals surface area contributed by atoms with Gasteiger partial charge in [0.15, 0.2) is 0 Å². The maximum Gasteiger partial charge on any atom is 0.220 e. The number of carbonyl (C=O) groups is 2. The van der Waals surface area contributed by atoms with Crippen LogP contribution in [0, 0.1) is 0 Å². The summed E-state index contributed by atoms with van der Waals surface area (Å²) in [5, 5.41) is 49.9. The van der Waals surface area contributed by atoms with Crippen LogP contribution in [0.3, 0.4) is 0 Å². The lowest BCUT2D eigenvalue weighted by atomic mass is 9.77. The Labute approximate surface area is 289 Å². The molecule has 8 heteroatoms. The number of carbonyl (C=O) groups excluding carboxylic acids is 2. The van der Waals surface area contributed by atoms with Gasteiger partial charge < -0.3 is 31.1 Å². The number of hydrogen-bond acceptors (Lipinski definition) is 6. The topological polar surface area (TPSA) is 139 Å². The Morgan fingerprint density at radius 3 is 1.08 bits per heavy atom. The number of phenols is 4. The van der Waals surface area contributed by atoms with E-state index in [0.717, 1.165) is 36.8 Å². The summed E-state index contributed by atoms with van der Waals surface area (Å²) in [6.07, 6.45) is 4.76. The molecule has 0 saturated carbocycles. The van der Waals surface area contributed by atoms with Gasteiger partial charge in [0.25, 0.3) is 0 Å². The van der Waals surface area contributed by atoms with Crippen molar-refractivity contribution >= 4 is 11.8 Å². The van der Waals surface area contributed by atoms with Crippen LogP contribution in [0.2, 0.25) is 0 Å². The van der Waals surface area contributed by atoms with Crippen molar-refractivity contribution in [3.8, 4) is 23.0 Å². The van der Waals surface area contributed by atoms with Gasteiger partial charge in [0.05, 0.1) is 0 Å². The molecule has 48 heavy (non-hydrogen) atoms. The first-order valence-corrected chi connectivity index (χ1v) is 17.6. The van der Waals surface area contributed by atoms with Gasteiger partial charge in [-0.15, -0.1) is 0 Å². The second kappa shape index (κ2) is 15.9. The normalized spacial score (nSPS) is 12.7. The predicted octanol–water partition coefficient (Wildman–Crippen LogP) is 8.06. The molecule has 0 aliphatic carbocycles. The van der Waals surface area contributed by atoms with Crippen LogP contribution >= 0.6 is 0 Å². The van der Waals surface area contributed by atoms with Crippen molar-refractivity contribution in [1.29, 1.82) is 0 Å². The molecule has 0 bridgehead atoms. The zero-order valence-electron chi connectivity index (χ0n) is 31.8. The monoisotopic (exact) mass is 668 g/mol. The summed E-state index contributed by atoms with van der Waals surface area (Å²) in [7, 11) is 0. The van der Waals surface area contributed by atoms with Crippen molar-refractivity contribution < 1.29 is 30.0 Å². The minimum Gasteiger partial charge on any atom is -0.507 e. The predicted molar refractivity (Wildman–Crippen MR) is 195 cm³/mol. The third kappa shape index (κ3) is 11.1. The third-order valence-corrected chi connectivity index (χ3v) is 8.81. The molecule has 0 unspecified atom stereocenters. The lowest BCUT2D eigenvalue weighted by Gasteiger charge is -2.29. The first-order valence-electron chi connectivity index (χ1n) is 17.6. The summed E-state index contributed by atoms with van der Waals surface area (Å²) < 4.78 is 0. The SMILES string of the molecule is CC(C)(C)c1cc(CCC(=O)NCCCCCCNC(=O)CCc2cc(C(C)(C)C)c(O)c(C(C)(C)C)c2O)c(O)c(C(C)(C)C)c1O. The van der Waals surface area contributed by atoms with Gasteiger partial charge in [0.2, 0.25) is 11.8 Å². The Hall–Kier alpha value is -3.42. The minimum absolute atomic E-state index is 0.0655. The fraction of sp³-hybridized carbons (Fsp3) is 0.650. The smallest absolute Gasteiger partial charge is 0.220 e. The number of aromatic hydroxyl groups is 4. The van der Waals surface area contributed by atoms with Crippen LogP contribution < -0.4 is 10.6 Å². The largest absolute Gasteiger partial charge is 0.507 e. The van der Waals surface area contributed by atoms with Gasteiger partial charge in [0.1, 0.15) is 23.0 Å². The highest BCUT2D eigenvalue weighted by Gasteiger charge is 2.32. The second-order valence-corrected chi connectivity index (χ2v) is 17.4. The van der Waals surface area contributed by atoms with Gasteiger partial charge in [-0.05, 0) is 70.6 Å². The zero-order chi connectivity index (χ0) is 36.8. The Kier molecular flexibility index (Phi) is 13.5. The van der Waals surface area contributed by atoms with E-state index in [-0.39, 0.29) is 58.5 Å².